The number of anilines is 1. The van der Waals surface area contributed by atoms with Gasteiger partial charge in [0.25, 0.3) is 0 Å². The molecule has 0 aromatic heterocycles. The summed E-state index contributed by atoms with van der Waals surface area (Å²) >= 11 is 0. The van der Waals surface area contributed by atoms with Crippen LogP contribution in [0, 0.1) is 0 Å². The van der Waals surface area contributed by atoms with Crippen molar-refractivity contribution in [3.05, 3.63) is 29.8 Å². The van der Waals surface area contributed by atoms with Gasteiger partial charge in [-0.1, -0.05) is 18.2 Å². The Hall–Kier alpha value is -2.04. The van der Waals surface area contributed by atoms with E-state index in [1.54, 1.807) is 24.3 Å². The number of para-hydroxylation sites is 1. The number of carbonyl (C=O) groups is 2. The molecule has 0 aliphatic rings. The molecule has 1 rings (SSSR count). The van der Waals surface area contributed by atoms with E-state index in [-0.39, 0.29) is 6.42 Å². The molecule has 1 amide bonds. The van der Waals surface area contributed by atoms with Crippen molar-refractivity contribution in [2.75, 3.05) is 12.4 Å². The third-order valence-corrected chi connectivity index (χ3v) is 1.78. The van der Waals surface area contributed by atoms with E-state index in [1.165, 1.54) is 7.11 Å². The third-order valence-electron chi connectivity index (χ3n) is 1.78. The second kappa shape index (κ2) is 4.99. The minimum absolute atomic E-state index is 0.139. The Labute approximate surface area is 86.7 Å². The number of aliphatic carboxylic acids is 1. The molecule has 0 heterocycles. The molecule has 0 fully saturated rings. The summed E-state index contributed by atoms with van der Waals surface area (Å²) in [6, 6.07) is 6.67. The van der Waals surface area contributed by atoms with Gasteiger partial charge in [0.2, 0.25) is 0 Å². The van der Waals surface area contributed by atoms with E-state index in [1.807, 2.05) is 0 Å². The van der Waals surface area contributed by atoms with E-state index in [2.05, 4.69) is 10.1 Å². The van der Waals surface area contributed by atoms with Crippen molar-refractivity contribution in [1.82, 2.24) is 0 Å². The summed E-state index contributed by atoms with van der Waals surface area (Å²) in [5.74, 6) is -0.950. The third kappa shape index (κ3) is 3.30. The Morgan fingerprint density at radius 2 is 2.07 bits per heavy atom. The van der Waals surface area contributed by atoms with Crippen molar-refractivity contribution in [3.63, 3.8) is 0 Å². The van der Waals surface area contributed by atoms with E-state index in [0.29, 0.717) is 11.3 Å². The smallest absolute Gasteiger partial charge is 0.411 e. The number of carboxylic acids is 1. The lowest BCUT2D eigenvalue weighted by Crippen LogP contribution is -2.13. The number of nitrogens with one attached hydrogen (secondary N) is 1. The van der Waals surface area contributed by atoms with Crippen molar-refractivity contribution < 1.29 is 19.4 Å². The molecular formula is C10H11NO4. The predicted octanol–water partition coefficient (Wildman–Crippen LogP) is 1.49. The van der Waals surface area contributed by atoms with Gasteiger partial charge in [-0.15, -0.1) is 0 Å². The molecule has 80 valence electrons. The number of benzene rings is 1. The molecule has 0 bridgehead atoms. The molecule has 0 saturated carbocycles. The van der Waals surface area contributed by atoms with Crippen LogP contribution in [0.4, 0.5) is 10.5 Å². The van der Waals surface area contributed by atoms with Crippen LogP contribution < -0.4 is 5.32 Å². The summed E-state index contributed by atoms with van der Waals surface area (Å²) in [5.41, 5.74) is 0.988. The molecule has 15 heavy (non-hydrogen) atoms. The highest BCUT2D eigenvalue weighted by Gasteiger charge is 2.08. The van der Waals surface area contributed by atoms with Crippen molar-refractivity contribution in [2.45, 2.75) is 6.42 Å². The first-order chi connectivity index (χ1) is 7.13. The number of hydrogen-bond acceptors (Lipinski definition) is 3. The molecule has 5 heteroatoms. The van der Waals surface area contributed by atoms with Gasteiger partial charge in [-0.05, 0) is 11.6 Å². The SMILES string of the molecule is COC(=O)Nc1ccccc1CC(=O)O. The standard InChI is InChI=1S/C10H11NO4/c1-15-10(14)11-8-5-3-2-4-7(8)6-9(12)13/h2-5H,6H2,1H3,(H,11,14)(H,12,13). The molecule has 1 aromatic carbocycles. The lowest BCUT2D eigenvalue weighted by atomic mass is 10.1. The fraction of sp³-hybridized carbons (Fsp3) is 0.200. The van der Waals surface area contributed by atoms with Gasteiger partial charge in [-0.25, -0.2) is 4.79 Å². The lowest BCUT2D eigenvalue weighted by molar-refractivity contribution is -0.136. The van der Waals surface area contributed by atoms with Crippen LogP contribution in [0.15, 0.2) is 24.3 Å². The largest absolute Gasteiger partial charge is 0.481 e. The first-order valence-corrected chi connectivity index (χ1v) is 4.28. The molecule has 1 aromatic rings. The van der Waals surface area contributed by atoms with E-state index in [0.717, 1.165) is 0 Å². The topological polar surface area (TPSA) is 75.6 Å². The zero-order valence-electron chi connectivity index (χ0n) is 8.19. The quantitative estimate of drug-likeness (QED) is 0.790. The van der Waals surface area contributed by atoms with E-state index in [9.17, 15) is 9.59 Å². The Bertz CT molecular complexity index is 375. The number of carbonyl (C=O) groups excluding carboxylic acids is 1. The molecule has 0 radical (unpaired) electrons. The first-order valence-electron chi connectivity index (χ1n) is 4.28. The number of ether oxygens (including phenoxy) is 1. The Morgan fingerprint density at radius 3 is 2.67 bits per heavy atom. The number of hydrogen-bond donors (Lipinski definition) is 2. The Kier molecular flexibility index (Phi) is 3.68. The van der Waals surface area contributed by atoms with E-state index in [4.69, 9.17) is 5.11 Å². The highest BCUT2D eigenvalue weighted by atomic mass is 16.5. The van der Waals surface area contributed by atoms with Crippen molar-refractivity contribution >= 4 is 17.7 Å². The van der Waals surface area contributed by atoms with Gasteiger partial charge >= 0.3 is 12.1 Å². The average Bonchev–Trinajstić information content (AvgIpc) is 2.20. The van der Waals surface area contributed by atoms with Crippen LogP contribution in [-0.4, -0.2) is 24.3 Å². The molecule has 0 aliphatic heterocycles. The Balaban J connectivity index is 2.85. The second-order valence-corrected chi connectivity index (χ2v) is 2.84. The van der Waals surface area contributed by atoms with Gasteiger partial charge in [-0.2, -0.15) is 0 Å². The van der Waals surface area contributed by atoms with E-state index >= 15 is 0 Å². The fourth-order valence-corrected chi connectivity index (χ4v) is 1.12. The molecule has 0 aliphatic carbocycles. The van der Waals surface area contributed by atoms with Crippen LogP contribution in [0.25, 0.3) is 0 Å². The number of carboxylic acid groups (broad SMARTS) is 1. The number of amides is 1. The number of methoxy groups -OCH3 is 1. The van der Waals surface area contributed by atoms with Crippen LogP contribution in [0.2, 0.25) is 0 Å². The highest BCUT2D eigenvalue weighted by Crippen LogP contribution is 2.15. The van der Waals surface area contributed by atoms with Gasteiger partial charge in [0.05, 0.1) is 13.5 Å². The summed E-state index contributed by atoms with van der Waals surface area (Å²) in [4.78, 5) is 21.5. The van der Waals surface area contributed by atoms with Crippen LogP contribution in [0.3, 0.4) is 0 Å². The average molecular weight is 209 g/mol. The number of rotatable bonds is 3. The maximum absolute atomic E-state index is 10.9. The zero-order chi connectivity index (χ0) is 11.3. The highest BCUT2D eigenvalue weighted by molar-refractivity contribution is 5.86. The molecule has 5 nitrogen and oxygen atoms in total. The molecule has 0 saturated heterocycles. The lowest BCUT2D eigenvalue weighted by Gasteiger charge is -2.07. The Morgan fingerprint density at radius 1 is 1.40 bits per heavy atom. The second-order valence-electron chi connectivity index (χ2n) is 2.84. The van der Waals surface area contributed by atoms with Crippen molar-refractivity contribution in [1.29, 1.82) is 0 Å². The molecular weight excluding hydrogens is 198 g/mol. The molecule has 0 atom stereocenters. The summed E-state index contributed by atoms with van der Waals surface area (Å²) in [5, 5.41) is 11.1. The zero-order valence-corrected chi connectivity index (χ0v) is 8.19. The molecule has 0 spiro atoms. The summed E-state index contributed by atoms with van der Waals surface area (Å²) in [6.45, 7) is 0. The molecule has 2 N–H and O–H groups in total. The van der Waals surface area contributed by atoms with Crippen LogP contribution in [-0.2, 0) is 16.0 Å². The summed E-state index contributed by atoms with van der Waals surface area (Å²) in [6.07, 6.45) is -0.756. The predicted molar refractivity (Wildman–Crippen MR) is 53.8 cm³/mol. The van der Waals surface area contributed by atoms with Gasteiger partial charge in [0.1, 0.15) is 0 Å². The van der Waals surface area contributed by atoms with Crippen molar-refractivity contribution in [2.24, 2.45) is 0 Å². The first kappa shape index (κ1) is 11.0. The minimum atomic E-state index is -0.950. The van der Waals surface area contributed by atoms with E-state index < -0.39 is 12.1 Å². The van der Waals surface area contributed by atoms with Crippen LogP contribution in [0.5, 0.6) is 0 Å². The molecule has 0 unspecified atom stereocenters. The summed E-state index contributed by atoms with van der Waals surface area (Å²) in [7, 11) is 1.25. The van der Waals surface area contributed by atoms with Gasteiger partial charge in [-0.3, -0.25) is 10.1 Å². The van der Waals surface area contributed by atoms with Crippen molar-refractivity contribution in [3.8, 4) is 0 Å². The van der Waals surface area contributed by atoms with Crippen LogP contribution in [0.1, 0.15) is 5.56 Å². The fourth-order valence-electron chi connectivity index (χ4n) is 1.12. The normalized spacial score (nSPS) is 9.40. The van der Waals surface area contributed by atoms with Crippen LogP contribution >= 0.6 is 0 Å². The monoisotopic (exact) mass is 209 g/mol. The summed E-state index contributed by atoms with van der Waals surface area (Å²) < 4.78 is 4.42. The van der Waals surface area contributed by atoms with Gasteiger partial charge in [0.15, 0.2) is 0 Å². The maximum Gasteiger partial charge on any atom is 0.411 e. The minimum Gasteiger partial charge on any atom is -0.481 e. The maximum atomic E-state index is 10.9. The van der Waals surface area contributed by atoms with Gasteiger partial charge < -0.3 is 9.84 Å². The van der Waals surface area contributed by atoms with Gasteiger partial charge in [0, 0.05) is 5.69 Å².